The highest BCUT2D eigenvalue weighted by molar-refractivity contribution is 6.16. The molecule has 0 atom stereocenters. The van der Waals surface area contributed by atoms with Crippen molar-refractivity contribution in [1.29, 1.82) is 0 Å². The Morgan fingerprint density at radius 1 is 0.250 bits per heavy atom. The summed E-state index contributed by atoms with van der Waals surface area (Å²) < 4.78 is 10.1. The molecule has 0 aliphatic rings. The minimum Gasteiger partial charge on any atom is -0.305 e. The van der Waals surface area contributed by atoms with Gasteiger partial charge in [-0.1, -0.05) is 117 Å². The first-order valence-corrected chi connectivity index (χ1v) is 28.0. The van der Waals surface area contributed by atoms with Gasteiger partial charge in [-0.05, 0) is 195 Å². The maximum atomic E-state index is 6.55. The number of aryl methyl sites for hydroxylation is 10. The molecule has 6 aromatic heterocycles. The van der Waals surface area contributed by atoms with Crippen LogP contribution in [0.1, 0.15) is 55.9 Å². The minimum atomic E-state index is 0.824. The summed E-state index contributed by atoms with van der Waals surface area (Å²) in [4.78, 5) is 11.5. The van der Waals surface area contributed by atoms with Gasteiger partial charge in [0.2, 0.25) is 0 Å². The standard InChI is InChI=1S/C74H60N6/c1-41-15-23-62-54(31-41)55-32-42(2)16-24-63(55)77(62)71-70(53-14-12-11-13-52(53)51-39-49(9)75-50(10)40-51)72(78-64-25-17-43(3)33-56(64)57-34-44(4)18-26-65(57)78)74(80-68-29-21-47(7)37-60(68)61-38-48(8)22-30-69(61)80)76-73(71)79-66-27-19-45(5)35-58(66)59-36-46(6)20-28-67(59)79/h11-40H,1-10H3. The molecule has 0 unspecified atom stereocenters. The number of benzene rings is 9. The van der Waals surface area contributed by atoms with Gasteiger partial charge in [0.25, 0.3) is 0 Å². The molecule has 9 aromatic carbocycles. The molecule has 0 spiro atoms. The van der Waals surface area contributed by atoms with Gasteiger partial charge in [0.15, 0.2) is 11.6 Å². The molecule has 0 saturated heterocycles. The smallest absolute Gasteiger partial charge is 0.165 e. The Hall–Kier alpha value is -9.52. The molecular formula is C74H60N6. The molecule has 0 N–H and O–H groups in total. The predicted octanol–water partition coefficient (Wildman–Crippen LogP) is 19.3. The monoisotopic (exact) mass is 1030 g/mol. The van der Waals surface area contributed by atoms with Crippen LogP contribution in [0.4, 0.5) is 0 Å². The third kappa shape index (κ3) is 7.11. The highest BCUT2D eigenvalue weighted by Crippen LogP contribution is 2.51. The quantitative estimate of drug-likeness (QED) is 0.167. The Labute approximate surface area is 465 Å². The molecule has 15 aromatic rings. The van der Waals surface area contributed by atoms with E-state index in [4.69, 9.17) is 9.97 Å². The van der Waals surface area contributed by atoms with Gasteiger partial charge in [0, 0.05) is 60.0 Å². The highest BCUT2D eigenvalue weighted by atomic mass is 15.2. The number of pyridine rings is 2. The molecule has 6 heteroatoms. The predicted molar refractivity (Wildman–Crippen MR) is 338 cm³/mol. The maximum Gasteiger partial charge on any atom is 0.165 e. The van der Waals surface area contributed by atoms with Crippen molar-refractivity contribution in [3.63, 3.8) is 0 Å². The average molecular weight is 1030 g/mol. The molecule has 0 radical (unpaired) electrons. The normalized spacial score (nSPS) is 12.1. The van der Waals surface area contributed by atoms with Crippen molar-refractivity contribution in [2.45, 2.75) is 69.2 Å². The van der Waals surface area contributed by atoms with E-state index in [1.165, 1.54) is 87.6 Å². The average Bonchev–Trinajstić information content (AvgIpc) is 4.22. The summed E-state index contributed by atoms with van der Waals surface area (Å²) in [6.45, 7) is 21.9. The van der Waals surface area contributed by atoms with E-state index in [0.29, 0.717) is 0 Å². The van der Waals surface area contributed by atoms with Gasteiger partial charge in [-0.15, -0.1) is 0 Å². The largest absolute Gasteiger partial charge is 0.305 e. The summed E-state index contributed by atoms with van der Waals surface area (Å²) in [6, 6.07) is 69.3. The number of aromatic nitrogens is 6. The van der Waals surface area contributed by atoms with E-state index < -0.39 is 0 Å². The number of fused-ring (bicyclic) bond motifs is 12. The lowest BCUT2D eigenvalue weighted by atomic mass is 9.91. The molecule has 0 bridgehead atoms. The van der Waals surface area contributed by atoms with Crippen molar-refractivity contribution in [2.75, 3.05) is 0 Å². The molecule has 15 rings (SSSR count). The van der Waals surface area contributed by atoms with Crippen LogP contribution in [0.3, 0.4) is 0 Å². The first-order chi connectivity index (χ1) is 38.8. The summed E-state index contributed by atoms with van der Waals surface area (Å²) >= 11 is 0. The Morgan fingerprint density at radius 2 is 0.500 bits per heavy atom. The zero-order valence-electron chi connectivity index (χ0n) is 47.0. The first-order valence-electron chi connectivity index (χ1n) is 28.0. The fourth-order valence-corrected chi connectivity index (χ4v) is 13.4. The van der Waals surface area contributed by atoms with Crippen LogP contribution >= 0.6 is 0 Å². The molecular weight excluding hydrogens is 973 g/mol. The summed E-state index contributed by atoms with van der Waals surface area (Å²) in [6.07, 6.45) is 0. The summed E-state index contributed by atoms with van der Waals surface area (Å²) in [7, 11) is 0. The van der Waals surface area contributed by atoms with Crippen LogP contribution in [0.25, 0.3) is 132 Å². The summed E-state index contributed by atoms with van der Waals surface area (Å²) in [5.41, 5.74) is 26.7. The van der Waals surface area contributed by atoms with Crippen LogP contribution in [0.15, 0.2) is 182 Å². The highest BCUT2D eigenvalue weighted by Gasteiger charge is 2.34. The fourth-order valence-electron chi connectivity index (χ4n) is 13.4. The third-order valence-corrected chi connectivity index (χ3v) is 16.9. The topological polar surface area (TPSA) is 45.5 Å². The Morgan fingerprint density at radius 3 is 0.775 bits per heavy atom. The zero-order valence-corrected chi connectivity index (χ0v) is 47.0. The molecule has 6 nitrogen and oxygen atoms in total. The Kier molecular flexibility index (Phi) is 10.4. The van der Waals surface area contributed by atoms with Crippen molar-refractivity contribution in [3.05, 3.63) is 238 Å². The van der Waals surface area contributed by atoms with Crippen LogP contribution < -0.4 is 0 Å². The lowest BCUT2D eigenvalue weighted by molar-refractivity contribution is 0.960. The van der Waals surface area contributed by atoms with Crippen LogP contribution in [-0.4, -0.2) is 28.2 Å². The molecule has 0 aliphatic carbocycles. The third-order valence-electron chi connectivity index (χ3n) is 16.9. The van der Waals surface area contributed by atoms with Crippen LogP contribution in [0.5, 0.6) is 0 Å². The van der Waals surface area contributed by atoms with E-state index in [2.05, 4.69) is 269 Å². The zero-order chi connectivity index (χ0) is 54.6. The SMILES string of the molecule is Cc1ccc2c(c1)c1cc(C)ccc1n2-c1nc(-n2c3ccc(C)cc3c3cc(C)ccc32)c(-n2c3ccc(C)cc3c3cc(C)ccc32)c(-c2ccccc2-c2cc(C)nc(C)c2)c1-n1c2ccc(C)cc2c2cc(C)ccc21. The van der Waals surface area contributed by atoms with Gasteiger partial charge in [0.05, 0.1) is 44.1 Å². The second kappa shape index (κ2) is 17.5. The molecule has 0 fully saturated rings. The van der Waals surface area contributed by atoms with E-state index in [0.717, 1.165) is 101 Å². The van der Waals surface area contributed by atoms with E-state index >= 15 is 0 Å². The Bertz CT molecular complexity index is 4650. The van der Waals surface area contributed by atoms with Crippen LogP contribution in [-0.2, 0) is 0 Å². The van der Waals surface area contributed by atoms with Gasteiger partial charge < -0.3 is 9.13 Å². The lowest BCUT2D eigenvalue weighted by Gasteiger charge is -2.28. The molecule has 0 aliphatic heterocycles. The first kappa shape index (κ1) is 47.7. The van der Waals surface area contributed by atoms with E-state index in [9.17, 15) is 0 Å². The molecule has 386 valence electrons. The van der Waals surface area contributed by atoms with Crippen molar-refractivity contribution in [2.24, 2.45) is 0 Å². The van der Waals surface area contributed by atoms with Crippen molar-refractivity contribution in [3.8, 4) is 45.3 Å². The van der Waals surface area contributed by atoms with Gasteiger partial charge >= 0.3 is 0 Å². The van der Waals surface area contributed by atoms with E-state index in [1.54, 1.807) is 0 Å². The van der Waals surface area contributed by atoms with Gasteiger partial charge in [0.1, 0.15) is 11.4 Å². The van der Waals surface area contributed by atoms with Gasteiger partial charge in [-0.2, -0.15) is 0 Å². The number of nitrogens with zero attached hydrogens (tertiary/aromatic N) is 6. The minimum absolute atomic E-state index is 0.824. The number of hydrogen-bond acceptors (Lipinski definition) is 2. The van der Waals surface area contributed by atoms with E-state index in [1.807, 2.05) is 0 Å². The van der Waals surface area contributed by atoms with Crippen molar-refractivity contribution < 1.29 is 0 Å². The van der Waals surface area contributed by atoms with Crippen LogP contribution in [0, 0.1) is 69.2 Å². The fraction of sp³-hybridized carbons (Fsp3) is 0.135. The van der Waals surface area contributed by atoms with Crippen molar-refractivity contribution in [1.82, 2.24) is 28.2 Å². The number of hydrogen-bond donors (Lipinski definition) is 0. The second-order valence-corrected chi connectivity index (χ2v) is 23.0. The maximum absolute atomic E-state index is 6.55. The summed E-state index contributed by atoms with van der Waals surface area (Å²) in [5.74, 6) is 1.65. The molecule has 0 amide bonds. The van der Waals surface area contributed by atoms with Crippen molar-refractivity contribution >= 4 is 87.2 Å². The second-order valence-electron chi connectivity index (χ2n) is 23.0. The molecule has 6 heterocycles. The van der Waals surface area contributed by atoms with Gasteiger partial charge in [-0.3, -0.25) is 14.1 Å². The van der Waals surface area contributed by atoms with E-state index in [-0.39, 0.29) is 0 Å². The number of rotatable bonds is 6. The van der Waals surface area contributed by atoms with Gasteiger partial charge in [-0.25, -0.2) is 4.98 Å². The summed E-state index contributed by atoms with van der Waals surface area (Å²) in [5, 5.41) is 9.56. The lowest BCUT2D eigenvalue weighted by Crippen LogP contribution is -2.16. The molecule has 0 saturated carbocycles. The molecule has 80 heavy (non-hydrogen) atoms. The van der Waals surface area contributed by atoms with Crippen LogP contribution in [0.2, 0.25) is 0 Å². The Balaban J connectivity index is 1.30.